The quantitative estimate of drug-likeness (QED) is 0.0979. The van der Waals surface area contributed by atoms with Gasteiger partial charge in [-0.05, 0) is 84.3 Å². The lowest BCUT2D eigenvalue weighted by Crippen LogP contribution is -2.51. The molecule has 5 aromatic carbocycles. The zero-order valence-electron chi connectivity index (χ0n) is 34.7. The number of nitrogens with zero attached hydrogens (tertiary/aromatic N) is 4. The van der Waals surface area contributed by atoms with Gasteiger partial charge in [-0.2, -0.15) is 0 Å². The van der Waals surface area contributed by atoms with Crippen molar-refractivity contribution in [1.29, 1.82) is 0 Å². The molecule has 12 nitrogen and oxygen atoms in total. The fourth-order valence-corrected chi connectivity index (χ4v) is 13.3. The van der Waals surface area contributed by atoms with E-state index in [-0.39, 0.29) is 48.4 Å². The van der Waals surface area contributed by atoms with Crippen LogP contribution >= 0.6 is 0 Å². The van der Waals surface area contributed by atoms with Crippen molar-refractivity contribution in [3.8, 4) is 5.75 Å². The summed E-state index contributed by atoms with van der Waals surface area (Å²) >= 11 is 0. The third-order valence-electron chi connectivity index (χ3n) is 12.3. The number of benzene rings is 5. The van der Waals surface area contributed by atoms with Gasteiger partial charge in [0.25, 0.3) is 17.7 Å². The Morgan fingerprint density at radius 1 is 0.852 bits per heavy atom. The number of methoxy groups -OCH3 is 1. The minimum Gasteiger partial charge on any atom is -0.497 e. The third kappa shape index (κ3) is 8.11. The van der Waals surface area contributed by atoms with Crippen molar-refractivity contribution in [2.24, 2.45) is 5.92 Å². The van der Waals surface area contributed by atoms with Crippen molar-refractivity contribution < 1.29 is 29.0 Å². The topological polar surface area (TPSA) is 148 Å². The average molecular weight is 835 g/mol. The van der Waals surface area contributed by atoms with Crippen LogP contribution in [0.4, 0.5) is 17.1 Å². The van der Waals surface area contributed by atoms with Gasteiger partial charge in [-0.1, -0.05) is 91.1 Å². The van der Waals surface area contributed by atoms with Gasteiger partial charge in [0, 0.05) is 59.8 Å². The maximum Gasteiger partial charge on any atom is 0.264 e. The maximum atomic E-state index is 15.6. The number of aliphatic hydroxyl groups excluding tert-OH is 1. The minimum absolute atomic E-state index is 0.0212. The third-order valence-corrected chi connectivity index (χ3v) is 16.6. The molecule has 2 aliphatic heterocycles. The molecule has 1 spiro atoms. The number of amides is 3. The molecule has 1 fully saturated rings. The zero-order valence-corrected chi connectivity index (χ0v) is 35.7. The lowest BCUT2D eigenvalue weighted by atomic mass is 9.82. The Balaban J connectivity index is 1.19. The zero-order chi connectivity index (χ0) is 42.7. The highest BCUT2D eigenvalue weighted by molar-refractivity contribution is 6.91. The number of ether oxygens (including phenoxy) is 2. The van der Waals surface area contributed by atoms with Crippen LogP contribution in [-0.2, 0) is 34.6 Å². The number of aromatic nitrogens is 3. The van der Waals surface area contributed by atoms with Crippen molar-refractivity contribution >= 4 is 48.0 Å². The molecular formula is C48H50N6O6Si. The highest BCUT2D eigenvalue weighted by Gasteiger charge is 2.66. The standard InChI is InChI=1S/C48H50N6O6Si/c1-32-44(61(3,4)40-21-19-39(59-2)20-22-40)43(24-26-53-31-38(25-27-55)51-52-53)60-48(32)41-29-37(50-46(57)35-15-9-6-10-16-35)18-23-42(41)54(47(48)58)30-33-12-11-17-36(28-33)49-45(56)34-13-7-5-8-14-34/h5-23,28-29,31-32,43-44,55H,24-27,30H2,1-4H3,(H,49,56)(H,50,57)/t32-,43+,44-,48+/m1/s1. The summed E-state index contributed by atoms with van der Waals surface area (Å²) in [5, 5.41) is 25.4. The van der Waals surface area contributed by atoms with Gasteiger partial charge >= 0.3 is 0 Å². The number of aryl methyl sites for hydroxylation is 1. The van der Waals surface area contributed by atoms with Gasteiger partial charge in [0.05, 0.1) is 39.2 Å². The summed E-state index contributed by atoms with van der Waals surface area (Å²) in [5.41, 5.74) is 3.70. The molecule has 0 aliphatic carbocycles. The normalized spacial score (nSPS) is 19.5. The van der Waals surface area contributed by atoms with Gasteiger partial charge in [0.1, 0.15) is 5.75 Å². The van der Waals surface area contributed by atoms with Crippen LogP contribution in [0, 0.1) is 5.92 Å². The minimum atomic E-state index is -2.47. The summed E-state index contributed by atoms with van der Waals surface area (Å²) in [4.78, 5) is 43.9. The molecule has 3 heterocycles. The summed E-state index contributed by atoms with van der Waals surface area (Å²) in [6, 6.07) is 39.5. The van der Waals surface area contributed by atoms with Gasteiger partial charge in [-0.25, -0.2) is 0 Å². The lowest BCUT2D eigenvalue weighted by molar-refractivity contribution is -0.146. The van der Waals surface area contributed by atoms with Crippen molar-refractivity contribution in [3.63, 3.8) is 0 Å². The second-order valence-corrected chi connectivity index (χ2v) is 21.0. The number of carbonyl (C=O) groups excluding carboxylic acids is 3. The molecule has 3 amide bonds. The number of hydrogen-bond acceptors (Lipinski definition) is 8. The fraction of sp³-hybridized carbons (Fsp3) is 0.271. The second kappa shape index (κ2) is 17.3. The van der Waals surface area contributed by atoms with E-state index in [1.54, 1.807) is 41.0 Å². The first-order chi connectivity index (χ1) is 29.5. The molecule has 61 heavy (non-hydrogen) atoms. The Kier molecular flexibility index (Phi) is 11.7. The number of hydrogen-bond donors (Lipinski definition) is 3. The predicted molar refractivity (Wildman–Crippen MR) is 238 cm³/mol. The van der Waals surface area contributed by atoms with Gasteiger partial charge in [-0.15, -0.1) is 5.10 Å². The van der Waals surface area contributed by atoms with Crippen molar-refractivity contribution in [1.82, 2.24) is 15.0 Å². The predicted octanol–water partition coefficient (Wildman–Crippen LogP) is 7.18. The number of anilines is 3. The van der Waals surface area contributed by atoms with Gasteiger partial charge in [0.15, 0.2) is 5.60 Å². The van der Waals surface area contributed by atoms with E-state index in [0.29, 0.717) is 58.8 Å². The fourth-order valence-electron chi connectivity index (χ4n) is 9.27. The number of rotatable bonds is 14. The largest absolute Gasteiger partial charge is 0.497 e. The number of aliphatic hydroxyl groups is 1. The molecule has 0 unspecified atom stereocenters. The second-order valence-electron chi connectivity index (χ2n) is 16.4. The van der Waals surface area contributed by atoms with Crippen molar-refractivity contribution in [3.05, 3.63) is 162 Å². The molecule has 2 aliphatic rings. The molecule has 312 valence electrons. The van der Waals surface area contributed by atoms with Gasteiger partial charge in [-0.3, -0.25) is 19.1 Å². The number of carbonyl (C=O) groups is 3. The van der Waals surface area contributed by atoms with E-state index in [0.717, 1.165) is 11.3 Å². The Morgan fingerprint density at radius 2 is 1.51 bits per heavy atom. The first kappa shape index (κ1) is 41.3. The number of nitrogens with one attached hydrogen (secondary N) is 2. The van der Waals surface area contributed by atoms with Crippen molar-refractivity contribution in [2.75, 3.05) is 29.3 Å². The molecule has 3 N–H and O–H groups in total. The molecule has 1 aromatic heterocycles. The highest BCUT2D eigenvalue weighted by atomic mass is 28.3. The molecule has 8 rings (SSSR count). The van der Waals surface area contributed by atoms with Crippen LogP contribution in [0.5, 0.6) is 5.75 Å². The molecule has 0 radical (unpaired) electrons. The monoisotopic (exact) mass is 834 g/mol. The first-order valence-corrected chi connectivity index (χ1v) is 23.7. The summed E-state index contributed by atoms with van der Waals surface area (Å²) in [6.45, 7) is 7.50. The Hall–Kier alpha value is -6.41. The molecule has 4 atom stereocenters. The average Bonchev–Trinajstić information content (AvgIpc) is 3.93. The molecule has 6 aromatic rings. The van der Waals surface area contributed by atoms with E-state index < -0.39 is 13.7 Å². The van der Waals surface area contributed by atoms with E-state index in [1.165, 1.54) is 5.19 Å². The molecule has 13 heteroatoms. The van der Waals surface area contributed by atoms with Crippen LogP contribution in [-0.4, -0.2) is 65.7 Å². The Bertz CT molecular complexity index is 2530. The summed E-state index contributed by atoms with van der Waals surface area (Å²) in [7, 11) is -0.814. The van der Waals surface area contributed by atoms with Crippen LogP contribution in [0.3, 0.4) is 0 Å². The molecule has 1 saturated heterocycles. The molecule has 0 saturated carbocycles. The summed E-state index contributed by atoms with van der Waals surface area (Å²) in [5.74, 6) is -0.198. The van der Waals surface area contributed by atoms with Gasteiger partial charge in [0.2, 0.25) is 0 Å². The van der Waals surface area contributed by atoms with Crippen LogP contribution in [0.25, 0.3) is 0 Å². The van der Waals surface area contributed by atoms with Crippen LogP contribution in [0.2, 0.25) is 18.6 Å². The van der Waals surface area contributed by atoms with Crippen LogP contribution in [0.15, 0.2) is 134 Å². The summed E-state index contributed by atoms with van der Waals surface area (Å²) in [6.07, 6.45) is 2.45. The lowest BCUT2D eigenvalue weighted by Gasteiger charge is -2.37. The van der Waals surface area contributed by atoms with Crippen molar-refractivity contribution in [2.45, 2.75) is 63.2 Å². The smallest absolute Gasteiger partial charge is 0.264 e. The highest BCUT2D eigenvalue weighted by Crippen LogP contribution is 2.60. The Labute approximate surface area is 356 Å². The van der Waals surface area contributed by atoms with Crippen LogP contribution < -0.4 is 25.5 Å². The Morgan fingerprint density at radius 3 is 2.15 bits per heavy atom. The first-order valence-electron chi connectivity index (χ1n) is 20.6. The van der Waals surface area contributed by atoms with E-state index >= 15 is 4.79 Å². The molecular weight excluding hydrogens is 785 g/mol. The van der Waals surface area contributed by atoms with E-state index in [9.17, 15) is 14.7 Å². The van der Waals surface area contributed by atoms with E-state index in [1.807, 2.05) is 97.2 Å². The SMILES string of the molecule is COc1ccc([Si](C)(C)[C@H]2[C@H](CCn3cc(CCO)nn3)O[C@@]3(C(=O)N(Cc4cccc(NC(=O)c5ccccc5)c4)c4ccc(NC(=O)c5ccccc5)cc43)[C@@H]2C)cc1. The maximum absolute atomic E-state index is 15.6. The molecule has 0 bridgehead atoms. The number of fused-ring (bicyclic) bond motifs is 2. The van der Waals surface area contributed by atoms with E-state index in [4.69, 9.17) is 9.47 Å². The van der Waals surface area contributed by atoms with Crippen LogP contribution in [0.1, 0.15) is 50.9 Å². The van der Waals surface area contributed by atoms with Gasteiger partial charge < -0.3 is 30.1 Å². The summed E-state index contributed by atoms with van der Waals surface area (Å²) < 4.78 is 14.7. The van der Waals surface area contributed by atoms with E-state index in [2.05, 4.69) is 53.1 Å².